The van der Waals surface area contributed by atoms with Crippen LogP contribution in [-0.4, -0.2) is 45.0 Å². The third kappa shape index (κ3) is 5.36. The van der Waals surface area contributed by atoms with Crippen molar-refractivity contribution >= 4 is 28.4 Å². The second kappa shape index (κ2) is 11.3. The molecule has 12 heteroatoms. The molecule has 45 heavy (non-hydrogen) atoms. The van der Waals surface area contributed by atoms with Gasteiger partial charge in [0.05, 0.1) is 37.3 Å². The smallest absolute Gasteiger partial charge is 0.210 e. The average Bonchev–Trinajstić information content (AvgIpc) is 3.83. The maximum atomic E-state index is 10.2. The summed E-state index contributed by atoms with van der Waals surface area (Å²) in [6, 6.07) is 14.8. The highest BCUT2D eigenvalue weighted by molar-refractivity contribution is 5.84. The number of anilines is 2. The van der Waals surface area contributed by atoms with Gasteiger partial charge in [0.15, 0.2) is 23.0 Å². The number of nitriles is 1. The van der Waals surface area contributed by atoms with E-state index >= 15 is 0 Å². The summed E-state index contributed by atoms with van der Waals surface area (Å²) >= 11 is 0. The van der Waals surface area contributed by atoms with Crippen LogP contribution < -0.4 is 10.1 Å². The van der Waals surface area contributed by atoms with E-state index in [1.165, 1.54) is 11.8 Å². The second-order valence-corrected chi connectivity index (χ2v) is 12.4. The van der Waals surface area contributed by atoms with Gasteiger partial charge in [0, 0.05) is 36.6 Å². The average molecular weight is 603 g/mol. The number of fused-ring (bicyclic) bond motifs is 2. The highest BCUT2D eigenvalue weighted by atomic mass is 16.5. The van der Waals surface area contributed by atoms with Crippen molar-refractivity contribution in [1.82, 2.24) is 38.9 Å². The van der Waals surface area contributed by atoms with E-state index in [-0.39, 0.29) is 17.6 Å². The predicted molar refractivity (Wildman–Crippen MR) is 168 cm³/mol. The van der Waals surface area contributed by atoms with Crippen LogP contribution in [0.15, 0.2) is 67.4 Å². The first kappa shape index (κ1) is 28.5. The van der Waals surface area contributed by atoms with Gasteiger partial charge in [0.2, 0.25) is 5.95 Å². The van der Waals surface area contributed by atoms with E-state index in [2.05, 4.69) is 70.1 Å². The van der Waals surface area contributed by atoms with Crippen LogP contribution in [0.3, 0.4) is 0 Å². The van der Waals surface area contributed by atoms with Gasteiger partial charge in [0.1, 0.15) is 22.7 Å². The Balaban J connectivity index is 1.18. The monoisotopic (exact) mass is 602 g/mol. The van der Waals surface area contributed by atoms with E-state index in [4.69, 9.17) is 19.6 Å². The van der Waals surface area contributed by atoms with Gasteiger partial charge in [-0.25, -0.2) is 9.50 Å². The van der Waals surface area contributed by atoms with E-state index in [0.29, 0.717) is 52.1 Å². The highest BCUT2D eigenvalue weighted by Crippen LogP contribution is 2.38. The molecule has 5 aromatic heterocycles. The van der Waals surface area contributed by atoms with Gasteiger partial charge < -0.3 is 19.4 Å². The zero-order valence-corrected chi connectivity index (χ0v) is 25.7. The summed E-state index contributed by atoms with van der Waals surface area (Å²) < 4.78 is 18.2. The molecule has 5 heterocycles. The summed E-state index contributed by atoms with van der Waals surface area (Å²) in [5.41, 5.74) is 4.09. The van der Waals surface area contributed by atoms with Gasteiger partial charge >= 0.3 is 0 Å². The molecule has 12 nitrogen and oxygen atoms in total. The van der Waals surface area contributed by atoms with Crippen LogP contribution in [0.1, 0.15) is 62.9 Å². The molecule has 228 valence electrons. The van der Waals surface area contributed by atoms with E-state index in [9.17, 15) is 5.26 Å². The third-order valence-corrected chi connectivity index (χ3v) is 8.27. The Kier molecular flexibility index (Phi) is 7.17. The maximum absolute atomic E-state index is 10.2. The summed E-state index contributed by atoms with van der Waals surface area (Å²) in [6.07, 6.45) is 11.3. The van der Waals surface area contributed by atoms with Gasteiger partial charge in [-0.1, -0.05) is 51.1 Å². The maximum Gasteiger partial charge on any atom is 0.210 e. The Morgan fingerprint density at radius 3 is 2.73 bits per heavy atom. The molecular formula is C33H34N10O2. The van der Waals surface area contributed by atoms with Crippen molar-refractivity contribution in [1.29, 1.82) is 5.26 Å². The SMILES string of the molecule is Cn1c(Nc2cc(C(C)(C)C)n([C@@H]3CCC[C@H]3OCc3ccccc3)n2)nc2ncc(Oc3cnn4ccncc34)c(C#N)c21. The molecule has 1 fully saturated rings. The molecule has 1 aromatic carbocycles. The summed E-state index contributed by atoms with van der Waals surface area (Å²) in [6.45, 7) is 7.16. The van der Waals surface area contributed by atoms with Gasteiger partial charge in [-0.2, -0.15) is 20.4 Å². The lowest BCUT2D eigenvalue weighted by atomic mass is 9.91. The van der Waals surface area contributed by atoms with Gasteiger partial charge in [0.25, 0.3) is 0 Å². The van der Waals surface area contributed by atoms with Crippen LogP contribution in [-0.2, 0) is 23.8 Å². The summed E-state index contributed by atoms with van der Waals surface area (Å²) in [4.78, 5) is 13.4. The van der Waals surface area contributed by atoms with Crippen molar-refractivity contribution in [3.63, 3.8) is 0 Å². The van der Waals surface area contributed by atoms with Gasteiger partial charge in [-0.15, -0.1) is 0 Å². The van der Waals surface area contributed by atoms with Crippen molar-refractivity contribution in [2.24, 2.45) is 7.05 Å². The lowest BCUT2D eigenvalue weighted by molar-refractivity contribution is 0.0154. The topological polar surface area (TPSA) is 133 Å². The molecule has 1 saturated carbocycles. The van der Waals surface area contributed by atoms with E-state index in [1.54, 1.807) is 29.3 Å². The number of hydrogen-bond donors (Lipinski definition) is 1. The van der Waals surface area contributed by atoms with Gasteiger partial charge in [-0.3, -0.25) is 9.67 Å². The number of imidazole rings is 1. The van der Waals surface area contributed by atoms with Crippen molar-refractivity contribution in [2.75, 3.05) is 5.32 Å². The molecule has 0 spiro atoms. The molecule has 0 unspecified atom stereocenters. The molecule has 6 aromatic rings. The second-order valence-electron chi connectivity index (χ2n) is 12.4. The minimum Gasteiger partial charge on any atom is -0.450 e. The Morgan fingerprint density at radius 2 is 1.93 bits per heavy atom. The number of aromatic nitrogens is 8. The van der Waals surface area contributed by atoms with Crippen molar-refractivity contribution in [3.05, 3.63) is 84.2 Å². The predicted octanol–water partition coefficient (Wildman–Crippen LogP) is 6.22. The molecule has 0 radical (unpaired) electrons. The Hall–Kier alpha value is -5.28. The molecule has 0 saturated heterocycles. The lowest BCUT2D eigenvalue weighted by Gasteiger charge is -2.27. The van der Waals surface area contributed by atoms with E-state index in [0.717, 1.165) is 25.0 Å². The Morgan fingerprint density at radius 1 is 1.09 bits per heavy atom. The Labute approximate surface area is 260 Å². The zero-order valence-electron chi connectivity index (χ0n) is 25.7. The standard InChI is InChI=1S/C33H34N10O2/c1-33(2,3)28-15-29(40-43(28)23-11-8-12-25(23)44-20-21-9-6-5-7-10-21)38-32-39-31-30(41(32)4)22(16-34)26(18-36-31)45-27-19-37-42-14-13-35-17-24(27)42/h5-7,9-10,13-15,17-19,23,25H,8,11-12,20H2,1-4H3,(H,36,38,39,40)/t23-,25-/m1/s1. The molecule has 1 aliphatic carbocycles. The summed E-state index contributed by atoms with van der Waals surface area (Å²) in [7, 11) is 1.84. The van der Waals surface area contributed by atoms with E-state index < -0.39 is 0 Å². The van der Waals surface area contributed by atoms with Crippen molar-refractivity contribution in [3.8, 4) is 17.6 Å². The number of ether oxygens (including phenoxy) is 2. The normalized spacial score (nSPS) is 16.8. The fourth-order valence-electron chi connectivity index (χ4n) is 6.00. The zero-order chi connectivity index (χ0) is 31.1. The van der Waals surface area contributed by atoms with Crippen LogP contribution in [0.2, 0.25) is 0 Å². The van der Waals surface area contributed by atoms with Crippen LogP contribution >= 0.6 is 0 Å². The molecule has 0 bridgehead atoms. The fraction of sp³-hybridized carbons (Fsp3) is 0.333. The number of aryl methyl sites for hydroxylation is 1. The number of benzene rings is 1. The van der Waals surface area contributed by atoms with Crippen LogP contribution in [0, 0.1) is 11.3 Å². The fourth-order valence-corrected chi connectivity index (χ4v) is 6.00. The molecule has 1 aliphatic rings. The number of nitrogens with zero attached hydrogens (tertiary/aromatic N) is 9. The van der Waals surface area contributed by atoms with E-state index in [1.807, 2.05) is 29.8 Å². The minimum atomic E-state index is -0.152. The highest BCUT2D eigenvalue weighted by Gasteiger charge is 2.34. The van der Waals surface area contributed by atoms with Crippen LogP contribution in [0.5, 0.6) is 11.5 Å². The Bertz CT molecular complexity index is 2030. The van der Waals surface area contributed by atoms with Crippen LogP contribution in [0.4, 0.5) is 11.8 Å². The summed E-state index contributed by atoms with van der Waals surface area (Å²) in [5.74, 6) is 1.96. The first-order chi connectivity index (χ1) is 21.8. The third-order valence-electron chi connectivity index (χ3n) is 8.27. The largest absolute Gasteiger partial charge is 0.450 e. The molecule has 0 amide bonds. The number of rotatable bonds is 8. The number of pyridine rings is 1. The van der Waals surface area contributed by atoms with Crippen molar-refractivity contribution in [2.45, 2.75) is 64.2 Å². The number of nitrogens with one attached hydrogen (secondary N) is 1. The molecule has 2 atom stereocenters. The van der Waals surface area contributed by atoms with Crippen molar-refractivity contribution < 1.29 is 9.47 Å². The molecule has 7 rings (SSSR count). The molecule has 0 aliphatic heterocycles. The molecular weight excluding hydrogens is 568 g/mol. The molecule has 1 N–H and O–H groups in total. The first-order valence-electron chi connectivity index (χ1n) is 15.0. The number of hydrogen-bond acceptors (Lipinski definition) is 9. The summed E-state index contributed by atoms with van der Waals surface area (Å²) in [5, 5.41) is 22.9. The van der Waals surface area contributed by atoms with Crippen LogP contribution in [0.25, 0.3) is 16.7 Å². The minimum absolute atomic E-state index is 0.0690. The first-order valence-corrected chi connectivity index (χ1v) is 15.0. The van der Waals surface area contributed by atoms with Gasteiger partial charge in [-0.05, 0) is 24.8 Å². The lowest BCUT2D eigenvalue weighted by Crippen LogP contribution is -2.28. The quantitative estimate of drug-likeness (QED) is 0.215.